The fourth-order valence-corrected chi connectivity index (χ4v) is 5.69. The molecule has 1 unspecified atom stereocenters. The van der Waals surface area contributed by atoms with Gasteiger partial charge in [-0.3, -0.25) is 0 Å². The Labute approximate surface area is 207 Å². The van der Waals surface area contributed by atoms with Crippen molar-refractivity contribution in [3.05, 3.63) is 75.4 Å². The Hall–Kier alpha value is -1.81. The minimum atomic E-state index is -0.856. The molecule has 1 aliphatic carbocycles. The molecule has 0 aromatic heterocycles. The van der Waals surface area contributed by atoms with Gasteiger partial charge in [0.2, 0.25) is 6.17 Å². The molecule has 1 N–H and O–H groups in total. The smallest absolute Gasteiger partial charge is 0.347 e. The maximum atomic E-state index is 12.4. The second kappa shape index (κ2) is 7.40. The van der Waals surface area contributed by atoms with Gasteiger partial charge in [0.15, 0.2) is 0 Å². The Morgan fingerprint density at radius 2 is 1.60 bits per heavy atom. The number of fused-ring (bicyclic) bond motifs is 4. The van der Waals surface area contributed by atoms with Gasteiger partial charge in [-0.05, 0) is 63.0 Å². The largest absolute Gasteiger partial charge is 0.478 e. The first-order chi connectivity index (χ1) is 13.8. The SMILES string of the molecule is CN1c2ccccc2N(c2c(I)ccc3c2C(C)(C)c2ccccc2-3)C1C(=O)O.I. The summed E-state index contributed by atoms with van der Waals surface area (Å²) in [5.41, 5.74) is 7.54. The number of rotatable bonds is 2. The van der Waals surface area contributed by atoms with E-state index < -0.39 is 12.1 Å². The van der Waals surface area contributed by atoms with Crippen LogP contribution in [0.3, 0.4) is 0 Å². The molecule has 4 nitrogen and oxygen atoms in total. The van der Waals surface area contributed by atoms with Crippen molar-refractivity contribution in [1.29, 1.82) is 0 Å². The number of benzene rings is 3. The molecule has 5 rings (SSSR count). The Kier molecular flexibility index (Phi) is 5.29. The summed E-state index contributed by atoms with van der Waals surface area (Å²) in [6, 6.07) is 20.7. The molecule has 1 aliphatic heterocycles. The predicted octanol–water partition coefficient (Wildman–Crippen LogP) is 6.21. The van der Waals surface area contributed by atoms with E-state index in [1.165, 1.54) is 22.3 Å². The maximum absolute atomic E-state index is 12.4. The Morgan fingerprint density at radius 3 is 2.30 bits per heavy atom. The Morgan fingerprint density at radius 1 is 0.967 bits per heavy atom. The number of likely N-dealkylation sites (N-methyl/N-ethyl adjacent to an activating group) is 1. The number of carbonyl (C=O) groups is 1. The molecule has 3 aromatic rings. The summed E-state index contributed by atoms with van der Waals surface area (Å²) in [6.45, 7) is 4.47. The number of para-hydroxylation sites is 2. The number of hydrogen-bond donors (Lipinski definition) is 1. The highest BCUT2D eigenvalue weighted by Gasteiger charge is 2.45. The van der Waals surface area contributed by atoms with Crippen LogP contribution in [0.5, 0.6) is 0 Å². The number of nitrogens with zero attached hydrogens (tertiary/aromatic N) is 2. The highest BCUT2D eigenvalue weighted by Crippen LogP contribution is 2.56. The molecule has 6 heteroatoms. The summed E-state index contributed by atoms with van der Waals surface area (Å²) in [5.74, 6) is -0.856. The molecule has 0 amide bonds. The molecule has 0 saturated carbocycles. The average molecular weight is 624 g/mol. The van der Waals surface area contributed by atoms with Crippen LogP contribution in [0.1, 0.15) is 25.0 Å². The fraction of sp³-hybridized carbons (Fsp3) is 0.208. The molecule has 30 heavy (non-hydrogen) atoms. The van der Waals surface area contributed by atoms with Crippen molar-refractivity contribution in [1.82, 2.24) is 0 Å². The number of halogens is 2. The third kappa shape index (κ3) is 2.79. The van der Waals surface area contributed by atoms with Gasteiger partial charge in [-0.15, -0.1) is 24.0 Å². The minimum Gasteiger partial charge on any atom is -0.478 e. The quantitative estimate of drug-likeness (QED) is 0.345. The van der Waals surface area contributed by atoms with Crippen LogP contribution in [-0.2, 0) is 10.2 Å². The molecule has 0 fully saturated rings. The van der Waals surface area contributed by atoms with E-state index in [1.807, 2.05) is 41.1 Å². The molecule has 1 heterocycles. The van der Waals surface area contributed by atoms with Gasteiger partial charge in [-0.25, -0.2) is 4.79 Å². The lowest BCUT2D eigenvalue weighted by molar-refractivity contribution is -0.138. The summed E-state index contributed by atoms with van der Waals surface area (Å²) < 4.78 is 1.05. The summed E-state index contributed by atoms with van der Waals surface area (Å²) in [6.07, 6.45) is -0.785. The lowest BCUT2D eigenvalue weighted by Gasteiger charge is -2.33. The number of carboxylic acids is 1. The Bertz CT molecular complexity index is 1180. The molecule has 3 aromatic carbocycles. The van der Waals surface area contributed by atoms with Crippen LogP contribution in [0.2, 0.25) is 0 Å². The van der Waals surface area contributed by atoms with Crippen molar-refractivity contribution >= 4 is 69.6 Å². The predicted molar refractivity (Wildman–Crippen MR) is 141 cm³/mol. The van der Waals surface area contributed by atoms with Crippen LogP contribution >= 0.6 is 46.6 Å². The van der Waals surface area contributed by atoms with Gasteiger partial charge in [0.05, 0.1) is 17.1 Å². The second-order valence-corrected chi connectivity index (χ2v) is 9.33. The van der Waals surface area contributed by atoms with Crippen molar-refractivity contribution in [3.8, 4) is 11.1 Å². The second-order valence-electron chi connectivity index (χ2n) is 8.17. The summed E-state index contributed by atoms with van der Waals surface area (Å²) in [4.78, 5) is 16.2. The van der Waals surface area contributed by atoms with E-state index in [2.05, 4.69) is 72.8 Å². The van der Waals surface area contributed by atoms with Gasteiger partial charge in [0, 0.05) is 16.0 Å². The van der Waals surface area contributed by atoms with Gasteiger partial charge in [0.25, 0.3) is 0 Å². The highest BCUT2D eigenvalue weighted by molar-refractivity contribution is 14.1. The topological polar surface area (TPSA) is 43.8 Å². The first-order valence-electron chi connectivity index (χ1n) is 9.61. The molecule has 0 spiro atoms. The summed E-state index contributed by atoms with van der Waals surface area (Å²) in [5, 5.41) is 10.1. The molecule has 1 atom stereocenters. The van der Waals surface area contributed by atoms with Crippen LogP contribution in [0.25, 0.3) is 11.1 Å². The van der Waals surface area contributed by atoms with Crippen LogP contribution < -0.4 is 9.80 Å². The van der Waals surface area contributed by atoms with Crippen LogP contribution in [-0.4, -0.2) is 24.3 Å². The van der Waals surface area contributed by atoms with Crippen molar-refractivity contribution in [2.24, 2.45) is 0 Å². The number of aliphatic carboxylic acids is 1. The molecule has 154 valence electrons. The van der Waals surface area contributed by atoms with Crippen LogP contribution in [0.15, 0.2) is 60.7 Å². The minimum absolute atomic E-state index is 0. The zero-order valence-corrected chi connectivity index (χ0v) is 21.4. The monoisotopic (exact) mass is 624 g/mol. The highest BCUT2D eigenvalue weighted by atomic mass is 127. The van der Waals surface area contributed by atoms with Gasteiger partial charge >= 0.3 is 5.97 Å². The molecule has 2 aliphatic rings. The molecule has 0 saturated heterocycles. The van der Waals surface area contributed by atoms with E-state index in [0.29, 0.717) is 0 Å². The van der Waals surface area contributed by atoms with Gasteiger partial charge < -0.3 is 14.9 Å². The third-order valence-electron chi connectivity index (χ3n) is 6.24. The number of carboxylic acid groups (broad SMARTS) is 1. The first kappa shape index (κ1) is 21.4. The maximum Gasteiger partial charge on any atom is 0.347 e. The summed E-state index contributed by atoms with van der Waals surface area (Å²) in [7, 11) is 1.85. The van der Waals surface area contributed by atoms with Crippen LogP contribution in [0.4, 0.5) is 17.1 Å². The molecular weight excluding hydrogens is 602 g/mol. The lowest BCUT2D eigenvalue weighted by atomic mass is 9.81. The third-order valence-corrected chi connectivity index (χ3v) is 7.11. The van der Waals surface area contributed by atoms with Crippen molar-refractivity contribution < 1.29 is 9.90 Å². The van der Waals surface area contributed by atoms with Crippen molar-refractivity contribution in [2.75, 3.05) is 16.8 Å². The zero-order valence-electron chi connectivity index (χ0n) is 16.9. The van der Waals surface area contributed by atoms with E-state index in [9.17, 15) is 9.90 Å². The van der Waals surface area contributed by atoms with Crippen LogP contribution in [0, 0.1) is 3.57 Å². The molecule has 0 bridgehead atoms. The van der Waals surface area contributed by atoms with E-state index in [1.54, 1.807) is 0 Å². The van der Waals surface area contributed by atoms with E-state index in [0.717, 1.165) is 20.6 Å². The van der Waals surface area contributed by atoms with Crippen molar-refractivity contribution in [3.63, 3.8) is 0 Å². The van der Waals surface area contributed by atoms with E-state index in [4.69, 9.17) is 0 Å². The lowest BCUT2D eigenvalue weighted by Crippen LogP contribution is -2.46. The number of hydrogen-bond acceptors (Lipinski definition) is 3. The summed E-state index contributed by atoms with van der Waals surface area (Å²) >= 11 is 2.35. The first-order valence-corrected chi connectivity index (χ1v) is 10.7. The standard InChI is InChI=1S/C24H21IN2O2.HI/c1-24(2)16-9-5-4-8-14(16)15-12-13-17(25)21(20(15)24)27-19-11-7-6-10-18(19)26(3)22(27)23(28)29;/h4-13,22H,1-3H3,(H,28,29);1H. The van der Waals surface area contributed by atoms with E-state index >= 15 is 0 Å². The van der Waals surface area contributed by atoms with Gasteiger partial charge in [0.1, 0.15) is 0 Å². The Balaban J connectivity index is 0.00000218. The van der Waals surface area contributed by atoms with Gasteiger partial charge in [-0.2, -0.15) is 0 Å². The average Bonchev–Trinajstić information content (AvgIpc) is 3.12. The van der Waals surface area contributed by atoms with Gasteiger partial charge in [-0.1, -0.05) is 56.3 Å². The molecule has 0 radical (unpaired) electrons. The van der Waals surface area contributed by atoms with Crippen molar-refractivity contribution in [2.45, 2.75) is 25.4 Å². The van der Waals surface area contributed by atoms with E-state index in [-0.39, 0.29) is 29.4 Å². The number of anilines is 3. The fourth-order valence-electron chi connectivity index (χ4n) is 4.98. The normalized spacial score (nSPS) is 17.8. The molecular formula is C24H22I2N2O2. The zero-order chi connectivity index (χ0) is 20.5.